The molecule has 0 saturated heterocycles. The van der Waals surface area contributed by atoms with E-state index < -0.39 is 0 Å². The largest absolute Gasteiger partial charge is 0.0816 e. The Labute approximate surface area is 94.8 Å². The molecule has 1 rings (SSSR count). The monoisotopic (exact) mass is 204 g/mol. The van der Waals surface area contributed by atoms with Crippen LogP contribution in [0.15, 0.2) is 35.5 Å². The van der Waals surface area contributed by atoms with Crippen molar-refractivity contribution in [2.45, 2.75) is 52.9 Å². The highest BCUT2D eigenvalue weighted by Crippen LogP contribution is 2.18. The Bertz CT molecular complexity index is 266. The van der Waals surface area contributed by atoms with Crippen LogP contribution >= 0.6 is 0 Å². The van der Waals surface area contributed by atoms with Gasteiger partial charge in [-0.05, 0) is 45.4 Å². The summed E-state index contributed by atoms with van der Waals surface area (Å²) in [6, 6.07) is 0. The summed E-state index contributed by atoms with van der Waals surface area (Å²) in [6.07, 6.45) is 15.6. The lowest BCUT2D eigenvalue weighted by Gasteiger charge is -2.11. The van der Waals surface area contributed by atoms with E-state index in [0.29, 0.717) is 0 Å². The molecule has 0 fully saturated rings. The molecule has 0 aromatic carbocycles. The Morgan fingerprint density at radius 2 is 2.00 bits per heavy atom. The van der Waals surface area contributed by atoms with E-state index in [1.807, 2.05) is 0 Å². The van der Waals surface area contributed by atoms with Crippen molar-refractivity contribution in [2.75, 3.05) is 0 Å². The molecule has 0 bridgehead atoms. The van der Waals surface area contributed by atoms with Crippen molar-refractivity contribution < 1.29 is 0 Å². The van der Waals surface area contributed by atoms with Crippen molar-refractivity contribution in [1.29, 1.82) is 0 Å². The Morgan fingerprint density at radius 1 is 1.20 bits per heavy atom. The maximum absolute atomic E-state index is 2.38. The Balaban J connectivity index is 2.64. The molecule has 1 unspecified atom stereocenters. The maximum Gasteiger partial charge on any atom is -0.0317 e. The Hall–Kier alpha value is -0.780. The second-order valence-electron chi connectivity index (χ2n) is 4.90. The molecular formula is C15H24. The average molecular weight is 204 g/mol. The summed E-state index contributed by atoms with van der Waals surface area (Å²) in [5.41, 5.74) is 2.90. The summed E-state index contributed by atoms with van der Waals surface area (Å²) in [5, 5.41) is 0. The number of hydrogen-bond donors (Lipinski definition) is 0. The molecular weight excluding hydrogens is 180 g/mol. The Morgan fingerprint density at radius 3 is 2.80 bits per heavy atom. The molecule has 0 amide bonds. The van der Waals surface area contributed by atoms with Gasteiger partial charge in [0.05, 0.1) is 0 Å². The zero-order chi connectivity index (χ0) is 11.1. The molecule has 0 heterocycles. The normalized spacial score (nSPS) is 28.3. The summed E-state index contributed by atoms with van der Waals surface area (Å²) in [4.78, 5) is 0. The van der Waals surface area contributed by atoms with Crippen LogP contribution in [0.4, 0.5) is 0 Å². The first kappa shape index (κ1) is 12.3. The molecule has 0 nitrogen and oxygen atoms in total. The molecule has 0 aliphatic heterocycles. The van der Waals surface area contributed by atoms with Crippen molar-refractivity contribution in [2.24, 2.45) is 5.92 Å². The first-order chi connectivity index (χ1) is 7.18. The highest BCUT2D eigenvalue weighted by molar-refractivity contribution is 5.22. The fourth-order valence-corrected chi connectivity index (χ4v) is 1.93. The highest BCUT2D eigenvalue weighted by atomic mass is 14.1. The lowest BCUT2D eigenvalue weighted by Crippen LogP contribution is -1.95. The lowest BCUT2D eigenvalue weighted by atomic mass is 9.95. The van der Waals surface area contributed by atoms with Gasteiger partial charge in [-0.3, -0.25) is 0 Å². The van der Waals surface area contributed by atoms with Gasteiger partial charge in [-0.1, -0.05) is 48.8 Å². The lowest BCUT2D eigenvalue weighted by molar-refractivity contribution is 0.476. The molecule has 0 aromatic rings. The predicted molar refractivity (Wildman–Crippen MR) is 68.9 cm³/mol. The third-order valence-electron chi connectivity index (χ3n) is 3.14. The van der Waals surface area contributed by atoms with Crippen LogP contribution in [0.3, 0.4) is 0 Å². The average Bonchev–Trinajstić information content (AvgIpc) is 2.20. The molecule has 1 aliphatic carbocycles. The maximum atomic E-state index is 2.38. The third-order valence-corrected chi connectivity index (χ3v) is 3.14. The minimum atomic E-state index is 0.880. The predicted octanol–water partition coefficient (Wildman–Crippen LogP) is 5.04. The Kier molecular flexibility index (Phi) is 5.45. The van der Waals surface area contributed by atoms with E-state index >= 15 is 0 Å². The molecule has 1 atom stereocenters. The van der Waals surface area contributed by atoms with Gasteiger partial charge >= 0.3 is 0 Å². The molecule has 0 spiro atoms. The first-order valence-corrected chi connectivity index (χ1v) is 6.19. The molecule has 0 saturated carbocycles. The minimum absolute atomic E-state index is 0.880. The van der Waals surface area contributed by atoms with Crippen LogP contribution in [0.1, 0.15) is 52.9 Å². The fourth-order valence-electron chi connectivity index (χ4n) is 1.93. The zero-order valence-corrected chi connectivity index (χ0v) is 10.4. The molecule has 0 heteroatoms. The van der Waals surface area contributed by atoms with Crippen LogP contribution < -0.4 is 0 Å². The smallest absolute Gasteiger partial charge is 0.0317 e. The summed E-state index contributed by atoms with van der Waals surface area (Å²) < 4.78 is 0. The van der Waals surface area contributed by atoms with Gasteiger partial charge in [0.15, 0.2) is 0 Å². The second-order valence-corrected chi connectivity index (χ2v) is 4.90. The summed E-state index contributed by atoms with van der Waals surface area (Å²) in [5.74, 6) is 0.880. The van der Waals surface area contributed by atoms with Gasteiger partial charge in [0.1, 0.15) is 0 Å². The quantitative estimate of drug-likeness (QED) is 0.519. The SMILES string of the molecule is CC1=CCCCC(C)CC/C(C)=C/C=C1. The van der Waals surface area contributed by atoms with Crippen LogP contribution in [0, 0.1) is 5.92 Å². The number of allylic oxidation sites excluding steroid dienone is 6. The zero-order valence-electron chi connectivity index (χ0n) is 10.4. The van der Waals surface area contributed by atoms with E-state index in [-0.39, 0.29) is 0 Å². The van der Waals surface area contributed by atoms with Crippen molar-refractivity contribution in [3.05, 3.63) is 35.5 Å². The highest BCUT2D eigenvalue weighted by Gasteiger charge is 2.02. The van der Waals surface area contributed by atoms with E-state index in [4.69, 9.17) is 0 Å². The van der Waals surface area contributed by atoms with E-state index in [1.165, 1.54) is 43.3 Å². The fraction of sp³-hybridized carbons (Fsp3) is 0.600. The van der Waals surface area contributed by atoms with Crippen LogP contribution in [0.2, 0.25) is 0 Å². The second kappa shape index (κ2) is 6.66. The van der Waals surface area contributed by atoms with Crippen molar-refractivity contribution >= 4 is 0 Å². The van der Waals surface area contributed by atoms with Gasteiger partial charge in [-0.2, -0.15) is 0 Å². The van der Waals surface area contributed by atoms with Gasteiger partial charge in [-0.15, -0.1) is 0 Å². The molecule has 1 aliphatic rings. The molecule has 84 valence electrons. The minimum Gasteiger partial charge on any atom is -0.0816 e. The first-order valence-electron chi connectivity index (χ1n) is 6.19. The van der Waals surface area contributed by atoms with E-state index in [0.717, 1.165) is 5.92 Å². The topological polar surface area (TPSA) is 0 Å². The van der Waals surface area contributed by atoms with E-state index in [9.17, 15) is 0 Å². The molecule has 0 radical (unpaired) electrons. The summed E-state index contributed by atoms with van der Waals surface area (Å²) >= 11 is 0. The van der Waals surface area contributed by atoms with Crippen LogP contribution in [-0.4, -0.2) is 0 Å². The van der Waals surface area contributed by atoms with Gasteiger partial charge in [0.25, 0.3) is 0 Å². The van der Waals surface area contributed by atoms with Gasteiger partial charge < -0.3 is 0 Å². The molecule has 0 N–H and O–H groups in total. The van der Waals surface area contributed by atoms with E-state index in [2.05, 4.69) is 45.1 Å². The van der Waals surface area contributed by atoms with Crippen molar-refractivity contribution in [3.8, 4) is 0 Å². The van der Waals surface area contributed by atoms with Crippen molar-refractivity contribution in [3.63, 3.8) is 0 Å². The van der Waals surface area contributed by atoms with Crippen LogP contribution in [0.25, 0.3) is 0 Å². The summed E-state index contributed by atoms with van der Waals surface area (Å²) in [7, 11) is 0. The number of rotatable bonds is 0. The third kappa shape index (κ3) is 5.61. The number of hydrogen-bond acceptors (Lipinski definition) is 0. The van der Waals surface area contributed by atoms with Gasteiger partial charge in [-0.25, -0.2) is 0 Å². The van der Waals surface area contributed by atoms with E-state index in [1.54, 1.807) is 0 Å². The summed E-state index contributed by atoms with van der Waals surface area (Å²) in [6.45, 7) is 6.81. The van der Waals surface area contributed by atoms with Gasteiger partial charge in [0.2, 0.25) is 0 Å². The van der Waals surface area contributed by atoms with Crippen LogP contribution in [0.5, 0.6) is 0 Å². The van der Waals surface area contributed by atoms with Gasteiger partial charge in [0, 0.05) is 0 Å². The molecule has 0 aromatic heterocycles. The van der Waals surface area contributed by atoms with Crippen molar-refractivity contribution in [1.82, 2.24) is 0 Å². The standard InChI is InChI=1S/C15H24/c1-13-7-4-5-8-14(2)11-12-15(3)10-6-9-13/h6-7,9-10,14H,4-5,8,11-12H2,1-3H3/b9-6?,13-7?,15-10+. The van der Waals surface area contributed by atoms with Crippen LogP contribution in [-0.2, 0) is 0 Å². The molecule has 15 heavy (non-hydrogen) atoms.